The first-order valence-electron chi connectivity index (χ1n) is 6.39. The first-order chi connectivity index (χ1) is 9.20. The zero-order valence-electron chi connectivity index (χ0n) is 10.6. The number of nitrogens with zero attached hydrogens (tertiary/aromatic N) is 2. The van der Waals surface area contributed by atoms with E-state index in [2.05, 4.69) is 9.88 Å². The molecule has 1 aromatic carbocycles. The molecule has 0 radical (unpaired) electrons. The fourth-order valence-electron chi connectivity index (χ4n) is 2.33. The third kappa shape index (κ3) is 2.97. The quantitative estimate of drug-likeness (QED) is 0.937. The van der Waals surface area contributed by atoms with E-state index in [1.54, 1.807) is 6.20 Å². The van der Waals surface area contributed by atoms with Crippen LogP contribution in [0.1, 0.15) is 12.3 Å². The highest BCUT2D eigenvalue weighted by Gasteiger charge is 2.20. The van der Waals surface area contributed by atoms with Crippen LogP contribution in [0.4, 0.5) is 0 Å². The van der Waals surface area contributed by atoms with E-state index in [0.29, 0.717) is 0 Å². The molecule has 2 N–H and O–H groups in total. The maximum Gasteiger partial charge on any atom is 0.209 e. The maximum atomic E-state index is 5.88. The van der Waals surface area contributed by atoms with Gasteiger partial charge in [-0.3, -0.25) is 4.90 Å². The van der Waals surface area contributed by atoms with Gasteiger partial charge in [0.25, 0.3) is 0 Å². The van der Waals surface area contributed by atoms with Gasteiger partial charge in [0.1, 0.15) is 0 Å². The third-order valence-corrected chi connectivity index (χ3v) is 3.60. The van der Waals surface area contributed by atoms with Crippen molar-refractivity contribution in [3.05, 3.63) is 41.4 Å². The average molecular weight is 278 g/mol. The van der Waals surface area contributed by atoms with Gasteiger partial charge in [-0.15, -0.1) is 0 Å². The van der Waals surface area contributed by atoms with Crippen LogP contribution in [0.3, 0.4) is 0 Å². The zero-order chi connectivity index (χ0) is 13.2. The average Bonchev–Trinajstić information content (AvgIpc) is 3.00. The molecule has 3 rings (SSSR count). The van der Waals surface area contributed by atoms with Crippen molar-refractivity contribution in [1.82, 2.24) is 9.88 Å². The first-order valence-corrected chi connectivity index (χ1v) is 6.77. The van der Waals surface area contributed by atoms with Crippen LogP contribution in [0.5, 0.6) is 0 Å². The summed E-state index contributed by atoms with van der Waals surface area (Å²) in [5.41, 5.74) is 6.87. The molecule has 0 aliphatic carbocycles. The number of benzene rings is 1. The van der Waals surface area contributed by atoms with E-state index < -0.39 is 0 Å². The Morgan fingerprint density at radius 1 is 1.37 bits per heavy atom. The SMILES string of the molecule is N[C@@H]1CCN(Cc2ncc(-c3ccc(Cl)cc3)o2)C1. The smallest absolute Gasteiger partial charge is 0.209 e. The molecule has 1 aromatic heterocycles. The molecule has 0 saturated carbocycles. The molecular weight excluding hydrogens is 262 g/mol. The van der Waals surface area contributed by atoms with Crippen molar-refractivity contribution in [1.29, 1.82) is 0 Å². The summed E-state index contributed by atoms with van der Waals surface area (Å²) in [4.78, 5) is 6.59. The molecule has 0 unspecified atom stereocenters. The van der Waals surface area contributed by atoms with Crippen LogP contribution in [0, 0.1) is 0 Å². The number of halogens is 1. The molecule has 4 nitrogen and oxygen atoms in total. The maximum absolute atomic E-state index is 5.88. The minimum atomic E-state index is 0.283. The number of nitrogens with two attached hydrogens (primary N) is 1. The van der Waals surface area contributed by atoms with Gasteiger partial charge in [-0.05, 0) is 30.7 Å². The summed E-state index contributed by atoms with van der Waals surface area (Å²) in [6, 6.07) is 7.83. The van der Waals surface area contributed by atoms with Gasteiger partial charge in [-0.2, -0.15) is 0 Å². The van der Waals surface area contributed by atoms with E-state index in [-0.39, 0.29) is 6.04 Å². The Morgan fingerprint density at radius 2 is 2.16 bits per heavy atom. The Balaban J connectivity index is 1.71. The normalized spacial score (nSPS) is 20.0. The largest absolute Gasteiger partial charge is 0.439 e. The lowest BCUT2D eigenvalue weighted by Gasteiger charge is -2.11. The third-order valence-electron chi connectivity index (χ3n) is 3.35. The predicted octanol–water partition coefficient (Wildman–Crippen LogP) is 2.53. The summed E-state index contributed by atoms with van der Waals surface area (Å²) >= 11 is 5.87. The van der Waals surface area contributed by atoms with Gasteiger partial charge in [0, 0.05) is 29.7 Å². The van der Waals surface area contributed by atoms with Crippen molar-refractivity contribution in [3.63, 3.8) is 0 Å². The van der Waals surface area contributed by atoms with Crippen LogP contribution < -0.4 is 5.73 Å². The molecule has 0 bridgehead atoms. The number of hydrogen-bond donors (Lipinski definition) is 1. The van der Waals surface area contributed by atoms with Gasteiger partial charge in [0.05, 0.1) is 12.7 Å². The van der Waals surface area contributed by atoms with E-state index in [4.69, 9.17) is 21.8 Å². The fraction of sp³-hybridized carbons (Fsp3) is 0.357. The molecule has 19 heavy (non-hydrogen) atoms. The molecule has 0 amide bonds. The zero-order valence-corrected chi connectivity index (χ0v) is 11.3. The lowest BCUT2D eigenvalue weighted by Crippen LogP contribution is -2.26. The summed E-state index contributed by atoms with van der Waals surface area (Å²) < 4.78 is 5.77. The van der Waals surface area contributed by atoms with Crippen molar-refractivity contribution in [2.24, 2.45) is 5.73 Å². The lowest BCUT2D eigenvalue weighted by molar-refractivity contribution is 0.289. The number of hydrogen-bond acceptors (Lipinski definition) is 4. The standard InChI is InChI=1S/C14H16ClN3O/c15-11-3-1-10(2-4-11)13-7-17-14(19-13)9-18-6-5-12(16)8-18/h1-4,7,12H,5-6,8-9,16H2/t12-/m1/s1. The van der Waals surface area contributed by atoms with E-state index in [0.717, 1.165) is 48.3 Å². The summed E-state index contributed by atoms with van der Waals surface area (Å²) in [6.07, 6.45) is 2.80. The minimum absolute atomic E-state index is 0.283. The van der Waals surface area contributed by atoms with Gasteiger partial charge in [0.2, 0.25) is 5.89 Å². The summed E-state index contributed by atoms with van der Waals surface area (Å²) in [5, 5.41) is 0.717. The molecule has 1 atom stereocenters. The highest BCUT2D eigenvalue weighted by molar-refractivity contribution is 6.30. The molecule has 2 heterocycles. The number of oxazole rings is 1. The number of likely N-dealkylation sites (tertiary alicyclic amines) is 1. The summed E-state index contributed by atoms with van der Waals surface area (Å²) in [6.45, 7) is 2.65. The lowest BCUT2D eigenvalue weighted by atomic mass is 10.2. The van der Waals surface area contributed by atoms with Gasteiger partial charge >= 0.3 is 0 Å². The Morgan fingerprint density at radius 3 is 2.84 bits per heavy atom. The van der Waals surface area contributed by atoms with E-state index in [9.17, 15) is 0 Å². The van der Waals surface area contributed by atoms with E-state index >= 15 is 0 Å². The Bertz CT molecular complexity index is 552. The van der Waals surface area contributed by atoms with Gasteiger partial charge in [-0.1, -0.05) is 11.6 Å². The summed E-state index contributed by atoms with van der Waals surface area (Å²) in [7, 11) is 0. The summed E-state index contributed by atoms with van der Waals surface area (Å²) in [5.74, 6) is 1.51. The molecule has 1 aliphatic heterocycles. The van der Waals surface area contributed by atoms with Crippen LogP contribution in [0.25, 0.3) is 11.3 Å². The second kappa shape index (κ2) is 5.33. The van der Waals surface area contributed by atoms with Crippen molar-refractivity contribution >= 4 is 11.6 Å². The Kier molecular flexibility index (Phi) is 3.55. The van der Waals surface area contributed by atoms with Gasteiger partial charge in [-0.25, -0.2) is 4.98 Å². The topological polar surface area (TPSA) is 55.3 Å². The molecule has 5 heteroatoms. The Hall–Kier alpha value is -1.36. The van der Waals surface area contributed by atoms with Crippen LogP contribution >= 0.6 is 11.6 Å². The number of aromatic nitrogens is 1. The molecule has 1 aliphatic rings. The second-order valence-corrected chi connectivity index (χ2v) is 5.35. The van der Waals surface area contributed by atoms with Crippen molar-refractivity contribution in [2.45, 2.75) is 19.0 Å². The second-order valence-electron chi connectivity index (χ2n) is 4.91. The molecule has 0 spiro atoms. The van der Waals surface area contributed by atoms with Crippen molar-refractivity contribution < 1.29 is 4.42 Å². The highest BCUT2D eigenvalue weighted by Crippen LogP contribution is 2.23. The van der Waals surface area contributed by atoms with Gasteiger partial charge < -0.3 is 10.2 Å². The Labute approximate surface area is 117 Å². The molecule has 1 saturated heterocycles. The highest BCUT2D eigenvalue weighted by atomic mass is 35.5. The first kappa shape index (κ1) is 12.7. The number of rotatable bonds is 3. The molecule has 2 aromatic rings. The van der Waals surface area contributed by atoms with Crippen molar-refractivity contribution in [3.8, 4) is 11.3 Å². The van der Waals surface area contributed by atoms with Gasteiger partial charge in [0.15, 0.2) is 5.76 Å². The van der Waals surface area contributed by atoms with Crippen LogP contribution in [0.2, 0.25) is 5.02 Å². The molecule has 100 valence electrons. The van der Waals surface area contributed by atoms with E-state index in [1.165, 1.54) is 0 Å². The van der Waals surface area contributed by atoms with Crippen LogP contribution in [0.15, 0.2) is 34.9 Å². The molecular formula is C14H16ClN3O. The van der Waals surface area contributed by atoms with Crippen molar-refractivity contribution in [2.75, 3.05) is 13.1 Å². The fourth-order valence-corrected chi connectivity index (χ4v) is 2.45. The monoisotopic (exact) mass is 277 g/mol. The van der Waals surface area contributed by atoms with Crippen LogP contribution in [-0.4, -0.2) is 29.0 Å². The molecule has 1 fully saturated rings. The minimum Gasteiger partial charge on any atom is -0.439 e. The van der Waals surface area contributed by atoms with Crippen LogP contribution in [-0.2, 0) is 6.54 Å². The van der Waals surface area contributed by atoms with E-state index in [1.807, 2.05) is 24.3 Å². The predicted molar refractivity (Wildman–Crippen MR) is 74.8 cm³/mol.